The summed E-state index contributed by atoms with van der Waals surface area (Å²) < 4.78 is 10.7. The summed E-state index contributed by atoms with van der Waals surface area (Å²) in [6, 6.07) is 0. The molecule has 1 unspecified atom stereocenters. The normalized spacial score (nSPS) is 12.8. The Morgan fingerprint density at radius 2 is 0.652 bits per heavy atom. The molecular weight excluding hydrogens is 813 g/mol. The average Bonchev–Trinajstić information content (AvgIpc) is 3.32. The zero-order valence-electron chi connectivity index (χ0n) is 43.4. The maximum Gasteiger partial charge on any atom is 0.306 e. The molecule has 0 fully saturated rings. The van der Waals surface area contributed by atoms with Crippen LogP contribution in [0.25, 0.3) is 0 Å². The first-order valence-electron chi connectivity index (χ1n) is 28.1. The Morgan fingerprint density at radius 1 is 0.364 bits per heavy atom. The van der Waals surface area contributed by atoms with E-state index < -0.39 is 6.10 Å². The second kappa shape index (κ2) is 56.4. The summed E-state index contributed by atoms with van der Waals surface area (Å²) in [5.74, 6) is -0.590. The Bertz CT molecular complexity index is 1220. The second-order valence-electron chi connectivity index (χ2n) is 18.6. The van der Waals surface area contributed by atoms with Crippen molar-refractivity contribution in [1.29, 1.82) is 0 Å². The molecule has 0 aliphatic heterocycles. The van der Waals surface area contributed by atoms with Crippen molar-refractivity contribution in [3.05, 3.63) is 85.1 Å². The van der Waals surface area contributed by atoms with Gasteiger partial charge in [-0.05, 0) is 70.6 Å². The van der Waals surface area contributed by atoms with Crippen molar-refractivity contribution >= 4 is 11.9 Å². The molecule has 5 nitrogen and oxygen atoms in total. The molecule has 0 saturated carbocycles. The minimum Gasteiger partial charge on any atom is -0.462 e. The molecule has 0 aliphatic carbocycles. The van der Waals surface area contributed by atoms with E-state index in [2.05, 4.69) is 98.9 Å². The maximum absolute atomic E-state index is 12.3. The fourth-order valence-corrected chi connectivity index (χ4v) is 8.01. The fourth-order valence-electron chi connectivity index (χ4n) is 8.01. The summed E-state index contributed by atoms with van der Waals surface area (Å²) in [5.41, 5.74) is 0. The highest BCUT2D eigenvalue weighted by molar-refractivity contribution is 5.70. The third kappa shape index (κ3) is 53.7. The van der Waals surface area contributed by atoms with Gasteiger partial charge < -0.3 is 14.6 Å². The fraction of sp³-hybridized carbons (Fsp3) is 0.738. The zero-order valence-corrected chi connectivity index (χ0v) is 43.4. The van der Waals surface area contributed by atoms with E-state index in [9.17, 15) is 14.7 Å². The monoisotopic (exact) mass is 919 g/mol. The van der Waals surface area contributed by atoms with Gasteiger partial charge in [-0.1, -0.05) is 272 Å². The molecule has 1 N–H and O–H groups in total. The lowest BCUT2D eigenvalue weighted by Gasteiger charge is -2.15. The third-order valence-corrected chi connectivity index (χ3v) is 12.2. The van der Waals surface area contributed by atoms with Crippen molar-refractivity contribution in [2.75, 3.05) is 13.2 Å². The van der Waals surface area contributed by atoms with Gasteiger partial charge in [-0.15, -0.1) is 0 Å². The number of allylic oxidation sites excluding steroid dienone is 14. The van der Waals surface area contributed by atoms with E-state index in [0.29, 0.717) is 12.8 Å². The van der Waals surface area contributed by atoms with Gasteiger partial charge in [0.1, 0.15) is 6.61 Å². The Labute approximate surface area is 409 Å². The van der Waals surface area contributed by atoms with E-state index in [1.165, 1.54) is 154 Å². The van der Waals surface area contributed by atoms with E-state index in [4.69, 9.17) is 9.47 Å². The van der Waals surface area contributed by atoms with Gasteiger partial charge in [0.15, 0.2) is 6.10 Å². The Kier molecular flexibility index (Phi) is 53.9. The standard InChI is InChI=1S/C61H106O5/c1-3-5-7-9-11-13-15-17-19-21-23-25-26-27-28-29-30-31-32-33-34-36-38-40-42-44-46-48-50-52-54-56-61(64)66-59(57-62)58-65-60(63)55-53-51-49-47-45-43-41-39-37-35-24-22-20-18-16-14-12-10-8-6-4-2/h5,7,11,13,17,19,23,25,27-28,30-31,33-34,59,62H,3-4,6,8-10,12,14-16,18,20-22,24,26,29,32,35-58H2,1-2H3/b7-5-,13-11-,19-17-,25-23-,28-27-,31-30-,34-33-. The Morgan fingerprint density at radius 3 is 0.985 bits per heavy atom. The molecule has 0 rings (SSSR count). The number of ether oxygens (including phenoxy) is 2. The van der Waals surface area contributed by atoms with Gasteiger partial charge in [0.2, 0.25) is 0 Å². The van der Waals surface area contributed by atoms with Crippen LogP contribution < -0.4 is 0 Å². The van der Waals surface area contributed by atoms with E-state index >= 15 is 0 Å². The van der Waals surface area contributed by atoms with Crippen molar-refractivity contribution in [3.8, 4) is 0 Å². The molecule has 66 heavy (non-hydrogen) atoms. The molecule has 1 atom stereocenters. The van der Waals surface area contributed by atoms with Crippen LogP contribution in [0.1, 0.15) is 271 Å². The lowest BCUT2D eigenvalue weighted by atomic mass is 10.0. The molecule has 5 heteroatoms. The summed E-state index contributed by atoms with van der Waals surface area (Å²) in [4.78, 5) is 24.5. The highest BCUT2D eigenvalue weighted by atomic mass is 16.6. The Balaban J connectivity index is 3.53. The van der Waals surface area contributed by atoms with Crippen LogP contribution in [0.2, 0.25) is 0 Å². The van der Waals surface area contributed by atoms with Gasteiger partial charge in [-0.2, -0.15) is 0 Å². The SMILES string of the molecule is CC/C=C\C/C=C\C/C=C\C/C=C\C/C=C\C/C=C\C/C=C\CCCCCCCCCCCC(=O)OC(CO)COC(=O)CCCCCCCCCCCCCCCCCCCCCCC. The number of aliphatic hydroxyl groups is 1. The van der Waals surface area contributed by atoms with E-state index in [1.807, 2.05) is 0 Å². The number of esters is 2. The molecule has 0 saturated heterocycles. The van der Waals surface area contributed by atoms with Crippen LogP contribution in [0.3, 0.4) is 0 Å². The van der Waals surface area contributed by atoms with Crippen LogP contribution >= 0.6 is 0 Å². The molecule has 0 aliphatic rings. The van der Waals surface area contributed by atoms with Gasteiger partial charge in [0.25, 0.3) is 0 Å². The molecule has 380 valence electrons. The lowest BCUT2D eigenvalue weighted by molar-refractivity contribution is -0.161. The first-order valence-corrected chi connectivity index (χ1v) is 28.1. The number of hydrogen-bond acceptors (Lipinski definition) is 5. The molecule has 0 amide bonds. The van der Waals surface area contributed by atoms with Crippen molar-refractivity contribution in [1.82, 2.24) is 0 Å². The molecular formula is C61H106O5. The zero-order chi connectivity index (χ0) is 47.7. The van der Waals surface area contributed by atoms with Gasteiger partial charge >= 0.3 is 11.9 Å². The first kappa shape index (κ1) is 63.1. The number of carbonyl (C=O) groups is 2. The van der Waals surface area contributed by atoms with Crippen LogP contribution in [0, 0.1) is 0 Å². The second-order valence-corrected chi connectivity index (χ2v) is 18.6. The molecule has 0 heterocycles. The van der Waals surface area contributed by atoms with Crippen molar-refractivity contribution in [3.63, 3.8) is 0 Å². The van der Waals surface area contributed by atoms with Crippen LogP contribution in [-0.2, 0) is 19.1 Å². The highest BCUT2D eigenvalue weighted by Crippen LogP contribution is 2.16. The van der Waals surface area contributed by atoms with Gasteiger partial charge in [-0.3, -0.25) is 9.59 Å². The van der Waals surface area contributed by atoms with Crippen molar-refractivity contribution in [2.45, 2.75) is 277 Å². The quantitative estimate of drug-likeness (QED) is 0.0374. The molecule has 0 spiro atoms. The minimum absolute atomic E-state index is 0.0685. The summed E-state index contributed by atoms with van der Waals surface area (Å²) in [6.45, 7) is 4.05. The predicted molar refractivity (Wildman–Crippen MR) is 288 cm³/mol. The van der Waals surface area contributed by atoms with E-state index in [0.717, 1.165) is 89.9 Å². The summed E-state index contributed by atoms with van der Waals surface area (Å²) in [6.07, 6.45) is 78.3. The number of carbonyl (C=O) groups excluding carboxylic acids is 2. The van der Waals surface area contributed by atoms with Gasteiger partial charge in [-0.25, -0.2) is 0 Å². The van der Waals surface area contributed by atoms with Crippen molar-refractivity contribution < 1.29 is 24.2 Å². The highest BCUT2D eigenvalue weighted by Gasteiger charge is 2.16. The Hall–Kier alpha value is -2.92. The van der Waals surface area contributed by atoms with Crippen LogP contribution in [0.15, 0.2) is 85.1 Å². The molecule has 0 aromatic heterocycles. The smallest absolute Gasteiger partial charge is 0.306 e. The number of rotatable bonds is 51. The third-order valence-electron chi connectivity index (χ3n) is 12.2. The minimum atomic E-state index is -0.778. The van der Waals surface area contributed by atoms with Crippen LogP contribution in [0.5, 0.6) is 0 Å². The number of unbranched alkanes of at least 4 members (excludes halogenated alkanes) is 29. The topological polar surface area (TPSA) is 72.8 Å². The molecule has 0 aromatic rings. The molecule has 0 aromatic carbocycles. The predicted octanol–water partition coefficient (Wildman–Crippen LogP) is 19.0. The van der Waals surface area contributed by atoms with E-state index in [-0.39, 0.29) is 25.2 Å². The van der Waals surface area contributed by atoms with Gasteiger partial charge in [0.05, 0.1) is 6.61 Å². The van der Waals surface area contributed by atoms with E-state index in [1.54, 1.807) is 0 Å². The summed E-state index contributed by atoms with van der Waals surface area (Å²) >= 11 is 0. The summed E-state index contributed by atoms with van der Waals surface area (Å²) in [7, 11) is 0. The molecule has 0 bridgehead atoms. The summed E-state index contributed by atoms with van der Waals surface area (Å²) in [5, 5.41) is 9.65. The maximum atomic E-state index is 12.3. The number of aliphatic hydroxyl groups excluding tert-OH is 1. The number of hydrogen-bond donors (Lipinski definition) is 1. The lowest BCUT2D eigenvalue weighted by Crippen LogP contribution is -2.28. The average molecular weight is 920 g/mol. The first-order chi connectivity index (χ1) is 32.6. The molecule has 0 radical (unpaired) electrons. The largest absolute Gasteiger partial charge is 0.462 e. The van der Waals surface area contributed by atoms with Gasteiger partial charge in [0, 0.05) is 12.8 Å². The van der Waals surface area contributed by atoms with Crippen molar-refractivity contribution in [2.24, 2.45) is 0 Å². The van der Waals surface area contributed by atoms with Crippen LogP contribution in [0.4, 0.5) is 0 Å². The van der Waals surface area contributed by atoms with Crippen LogP contribution in [-0.4, -0.2) is 36.4 Å².